The van der Waals surface area contributed by atoms with Crippen LogP contribution in [-0.2, 0) is 11.8 Å². The monoisotopic (exact) mass is 514 g/mol. The van der Waals surface area contributed by atoms with E-state index in [2.05, 4.69) is 59.9 Å². The Kier molecular flexibility index (Phi) is 7.01. The number of carbonyl (C=O) groups excluding carboxylic acids is 2. The third kappa shape index (κ3) is 5.18. The van der Waals surface area contributed by atoms with Gasteiger partial charge in [-0.2, -0.15) is 4.68 Å². The van der Waals surface area contributed by atoms with E-state index in [-0.39, 0.29) is 29.5 Å². The minimum Gasteiger partial charge on any atom is -0.382 e. The summed E-state index contributed by atoms with van der Waals surface area (Å²) < 4.78 is 1.25. The molecule has 0 saturated carbocycles. The van der Waals surface area contributed by atoms with E-state index in [9.17, 15) is 9.59 Å². The molecule has 0 spiro atoms. The number of anilines is 3. The normalized spacial score (nSPS) is 16.6. The molecule has 2 aliphatic rings. The number of fused-ring (bicyclic) bond motifs is 1. The molecule has 2 aromatic carbocycles. The lowest BCUT2D eigenvalue weighted by Gasteiger charge is -2.36. The zero-order valence-corrected chi connectivity index (χ0v) is 22.9. The molecule has 2 aliphatic heterocycles. The van der Waals surface area contributed by atoms with Crippen molar-refractivity contribution in [2.24, 2.45) is 0 Å². The number of carbonyl (C=O) groups is 2. The van der Waals surface area contributed by atoms with Crippen LogP contribution in [-0.4, -0.2) is 65.8 Å². The Bertz CT molecular complexity index is 1310. The van der Waals surface area contributed by atoms with Gasteiger partial charge in [0.05, 0.1) is 0 Å². The number of aromatic nitrogens is 2. The number of nitrogens with two attached hydrogens (primary N) is 1. The molecule has 1 saturated heterocycles. The minimum absolute atomic E-state index is 0.145. The highest BCUT2D eigenvalue weighted by atomic mass is 16.2. The fourth-order valence-electron chi connectivity index (χ4n) is 5.30. The van der Waals surface area contributed by atoms with Crippen LogP contribution in [0.5, 0.6) is 0 Å². The second-order valence-electron chi connectivity index (χ2n) is 11.4. The molecule has 1 fully saturated rings. The van der Waals surface area contributed by atoms with E-state index in [1.807, 2.05) is 31.2 Å². The van der Waals surface area contributed by atoms with Gasteiger partial charge in [0.2, 0.25) is 5.91 Å². The first-order valence-electron chi connectivity index (χ1n) is 13.5. The summed E-state index contributed by atoms with van der Waals surface area (Å²) in [4.78, 5) is 33.1. The molecule has 1 amide bonds. The number of benzene rings is 2. The molecule has 1 aromatic heterocycles. The number of hydrogen-bond donors (Lipinski definition) is 1. The second-order valence-corrected chi connectivity index (χ2v) is 11.4. The van der Waals surface area contributed by atoms with Crippen molar-refractivity contribution in [1.82, 2.24) is 14.7 Å². The summed E-state index contributed by atoms with van der Waals surface area (Å²) >= 11 is 0. The summed E-state index contributed by atoms with van der Waals surface area (Å²) in [5, 5.41) is 4.30. The highest BCUT2D eigenvalue weighted by Crippen LogP contribution is 2.29. The van der Waals surface area contributed by atoms with Crippen molar-refractivity contribution in [3.8, 4) is 0 Å². The predicted molar refractivity (Wildman–Crippen MR) is 152 cm³/mol. The zero-order valence-electron chi connectivity index (χ0n) is 22.9. The molecule has 0 bridgehead atoms. The fourth-order valence-corrected chi connectivity index (χ4v) is 5.30. The number of aryl methyl sites for hydroxylation is 1. The Balaban J connectivity index is 1.20. The molecular formula is C30H38N6O2. The summed E-state index contributed by atoms with van der Waals surface area (Å²) in [5.41, 5.74) is 11.8. The smallest absolute Gasteiger partial charge is 0.277 e. The van der Waals surface area contributed by atoms with Gasteiger partial charge in [-0.05, 0) is 48.6 Å². The molecule has 38 heavy (non-hydrogen) atoms. The standard InChI is InChI=1S/C30H38N6O2/c1-21-5-9-24(10-6-21)35-16-13-25-27(29(35)38)36(32-28(25)31)26(37)14-15-33-17-19-34(20-18-33)23-11-7-22(8-12-23)30(2,3)4/h5-12H,13-20H2,1-4H3,(H2,31,32). The molecule has 8 nitrogen and oxygen atoms in total. The van der Waals surface area contributed by atoms with Gasteiger partial charge in [0.15, 0.2) is 0 Å². The third-order valence-electron chi connectivity index (χ3n) is 7.74. The lowest BCUT2D eigenvalue weighted by molar-refractivity contribution is 0.0840. The van der Waals surface area contributed by atoms with Gasteiger partial charge in [0.1, 0.15) is 11.5 Å². The van der Waals surface area contributed by atoms with E-state index in [1.54, 1.807) is 4.90 Å². The summed E-state index contributed by atoms with van der Waals surface area (Å²) in [6, 6.07) is 16.7. The maximum Gasteiger partial charge on any atom is 0.277 e. The van der Waals surface area contributed by atoms with Crippen molar-refractivity contribution in [3.05, 3.63) is 70.9 Å². The first-order valence-corrected chi connectivity index (χ1v) is 13.5. The van der Waals surface area contributed by atoms with Crippen molar-refractivity contribution in [3.63, 3.8) is 0 Å². The van der Waals surface area contributed by atoms with Gasteiger partial charge in [0, 0.05) is 62.6 Å². The number of nitrogens with zero attached hydrogens (tertiary/aromatic N) is 5. The van der Waals surface area contributed by atoms with E-state index in [0.29, 0.717) is 30.8 Å². The van der Waals surface area contributed by atoms with E-state index in [0.717, 1.165) is 37.4 Å². The van der Waals surface area contributed by atoms with Crippen molar-refractivity contribution >= 4 is 29.0 Å². The largest absolute Gasteiger partial charge is 0.382 e. The Labute approximate surface area is 225 Å². The minimum atomic E-state index is -0.223. The van der Waals surface area contributed by atoms with Crippen LogP contribution in [0.1, 0.15) is 59.2 Å². The van der Waals surface area contributed by atoms with Crippen molar-refractivity contribution < 1.29 is 9.59 Å². The van der Waals surface area contributed by atoms with Crippen LogP contribution in [0.15, 0.2) is 48.5 Å². The Hall–Kier alpha value is -3.65. The number of rotatable bonds is 5. The summed E-state index contributed by atoms with van der Waals surface area (Å²) in [5.74, 6) is -0.146. The third-order valence-corrected chi connectivity index (χ3v) is 7.74. The lowest BCUT2D eigenvalue weighted by Crippen LogP contribution is -2.47. The average Bonchev–Trinajstić information content (AvgIpc) is 3.25. The van der Waals surface area contributed by atoms with Crippen molar-refractivity contribution in [2.45, 2.75) is 46.0 Å². The molecule has 3 heterocycles. The van der Waals surface area contributed by atoms with Gasteiger partial charge >= 0.3 is 0 Å². The molecule has 200 valence electrons. The van der Waals surface area contributed by atoms with Crippen LogP contribution in [0, 0.1) is 6.92 Å². The molecule has 0 aliphatic carbocycles. The zero-order chi connectivity index (χ0) is 27.0. The summed E-state index contributed by atoms with van der Waals surface area (Å²) in [6.45, 7) is 13.4. The van der Waals surface area contributed by atoms with Gasteiger partial charge in [-0.3, -0.25) is 14.5 Å². The quantitative estimate of drug-likeness (QED) is 0.551. The van der Waals surface area contributed by atoms with Gasteiger partial charge in [0.25, 0.3) is 5.91 Å². The maximum absolute atomic E-state index is 13.4. The predicted octanol–water partition coefficient (Wildman–Crippen LogP) is 4.13. The van der Waals surface area contributed by atoms with Gasteiger partial charge in [-0.1, -0.05) is 50.6 Å². The van der Waals surface area contributed by atoms with Crippen LogP contribution < -0.4 is 15.5 Å². The second kappa shape index (κ2) is 10.3. The highest BCUT2D eigenvalue weighted by Gasteiger charge is 2.34. The van der Waals surface area contributed by atoms with E-state index in [4.69, 9.17) is 5.73 Å². The molecule has 2 N–H and O–H groups in total. The highest BCUT2D eigenvalue weighted by molar-refractivity contribution is 6.09. The molecule has 0 atom stereocenters. The van der Waals surface area contributed by atoms with Gasteiger partial charge in [-0.25, -0.2) is 0 Å². The Morgan fingerprint density at radius 2 is 1.55 bits per heavy atom. The van der Waals surface area contributed by atoms with Crippen LogP contribution >= 0.6 is 0 Å². The molecular weight excluding hydrogens is 476 g/mol. The van der Waals surface area contributed by atoms with Crippen LogP contribution in [0.3, 0.4) is 0 Å². The van der Waals surface area contributed by atoms with Crippen LogP contribution in [0.4, 0.5) is 17.2 Å². The van der Waals surface area contributed by atoms with Gasteiger partial charge in [-0.15, -0.1) is 5.10 Å². The average molecular weight is 515 g/mol. The topological polar surface area (TPSA) is 87.7 Å². The van der Waals surface area contributed by atoms with Gasteiger partial charge < -0.3 is 15.5 Å². The molecule has 8 heteroatoms. The van der Waals surface area contributed by atoms with E-state index < -0.39 is 0 Å². The van der Waals surface area contributed by atoms with Crippen LogP contribution in [0.2, 0.25) is 0 Å². The summed E-state index contributed by atoms with van der Waals surface area (Å²) in [6.07, 6.45) is 0.860. The molecule has 0 radical (unpaired) electrons. The number of piperazine rings is 1. The Morgan fingerprint density at radius 1 is 0.921 bits per heavy atom. The molecule has 0 unspecified atom stereocenters. The maximum atomic E-state index is 13.4. The first kappa shape index (κ1) is 26.0. The number of nitrogen functional groups attached to an aromatic ring is 1. The van der Waals surface area contributed by atoms with E-state index in [1.165, 1.54) is 15.9 Å². The van der Waals surface area contributed by atoms with Crippen molar-refractivity contribution in [1.29, 1.82) is 0 Å². The fraction of sp³-hybridized carbons (Fsp3) is 0.433. The van der Waals surface area contributed by atoms with Crippen LogP contribution in [0.25, 0.3) is 0 Å². The SMILES string of the molecule is Cc1ccc(N2CCc3c(N)nn(C(=O)CCN4CCN(c5ccc(C(C)(C)C)cc5)CC4)c3C2=O)cc1. The van der Waals surface area contributed by atoms with Crippen molar-refractivity contribution in [2.75, 3.05) is 54.8 Å². The number of hydrogen-bond acceptors (Lipinski definition) is 6. The molecule has 5 rings (SSSR count). The van der Waals surface area contributed by atoms with E-state index >= 15 is 0 Å². The summed E-state index contributed by atoms with van der Waals surface area (Å²) in [7, 11) is 0. The number of amides is 1. The lowest BCUT2D eigenvalue weighted by atomic mass is 9.87. The molecule has 3 aromatic rings. The first-order chi connectivity index (χ1) is 18.1. The Morgan fingerprint density at radius 3 is 2.18 bits per heavy atom.